The average molecular weight is 1740 g/mol. The zero-order valence-electron chi connectivity index (χ0n) is 71.1. The van der Waals surface area contributed by atoms with E-state index in [9.17, 15) is 0 Å². The fourth-order valence-electron chi connectivity index (χ4n) is 17.8. The van der Waals surface area contributed by atoms with Gasteiger partial charge in [-0.25, -0.2) is 18.7 Å². The first-order valence-electron chi connectivity index (χ1n) is 43.1. The van der Waals surface area contributed by atoms with Crippen LogP contribution in [0.4, 0.5) is 0 Å². The number of nitrogens with one attached hydrogen (secondary N) is 1. The van der Waals surface area contributed by atoms with Crippen LogP contribution >= 0.6 is 46.4 Å². The number of aromatic nitrogens is 20. The molecule has 5 aliphatic heterocycles. The highest BCUT2D eigenvalue weighted by molar-refractivity contribution is 6.40. The Labute approximate surface area is 741 Å². The lowest BCUT2D eigenvalue weighted by molar-refractivity contribution is 0.149. The summed E-state index contributed by atoms with van der Waals surface area (Å²) in [4.78, 5) is 14.5. The summed E-state index contributed by atoms with van der Waals surface area (Å²) in [7, 11) is 8.55. The molecule has 4 aromatic carbocycles. The summed E-state index contributed by atoms with van der Waals surface area (Å²) in [6.07, 6.45) is 13.6. The number of halogens is 4. The van der Waals surface area contributed by atoms with Crippen LogP contribution in [0.2, 0.25) is 20.1 Å². The Bertz CT molecular complexity index is 6300. The smallest absolute Gasteiger partial charge is 0.184 e. The van der Waals surface area contributed by atoms with Gasteiger partial charge in [0, 0.05) is 181 Å². The number of hydrogen-bond donors (Lipinski definition) is 1. The van der Waals surface area contributed by atoms with Crippen molar-refractivity contribution in [1.82, 2.24) is 133 Å². The van der Waals surface area contributed by atoms with Gasteiger partial charge in [-0.2, -0.15) is 20.4 Å². The minimum atomic E-state index is 0.313. The van der Waals surface area contributed by atoms with Crippen molar-refractivity contribution in [3.63, 3.8) is 0 Å². The van der Waals surface area contributed by atoms with Crippen molar-refractivity contribution in [3.05, 3.63) is 232 Å². The van der Waals surface area contributed by atoms with Gasteiger partial charge in [-0.3, -0.25) is 14.7 Å². The summed E-state index contributed by atoms with van der Waals surface area (Å²) in [6, 6.07) is 57.7. The Balaban J connectivity index is 0.000000113. The molecule has 12 aromatic heterocycles. The van der Waals surface area contributed by atoms with Crippen molar-refractivity contribution in [1.29, 1.82) is 0 Å². The zero-order chi connectivity index (χ0) is 85.1. The molecule has 0 spiro atoms. The Kier molecular flexibility index (Phi) is 25.4. The van der Waals surface area contributed by atoms with Crippen LogP contribution in [0.3, 0.4) is 0 Å². The van der Waals surface area contributed by atoms with Crippen LogP contribution in [0.15, 0.2) is 195 Å². The molecule has 2 bridgehead atoms. The lowest BCUT2D eigenvalue weighted by Crippen LogP contribution is -2.45. The average Bonchev–Trinajstić information content (AvgIpc) is 1.61. The maximum atomic E-state index is 7.00. The number of hydrogen-bond acceptors (Lipinski definition) is 19. The molecule has 5 fully saturated rings. The molecule has 5 saturated heterocycles. The molecule has 0 radical (unpaired) electrons. The van der Waals surface area contributed by atoms with Crippen LogP contribution in [-0.2, 0) is 33.1 Å². The van der Waals surface area contributed by atoms with Crippen LogP contribution in [0.1, 0.15) is 55.7 Å². The molecule has 638 valence electrons. The molecule has 5 aliphatic rings. The van der Waals surface area contributed by atoms with Gasteiger partial charge in [0.05, 0.1) is 73.0 Å². The molecule has 21 rings (SSSR count). The molecule has 1 N–H and O–H groups in total. The van der Waals surface area contributed by atoms with E-state index in [0.29, 0.717) is 61.0 Å². The van der Waals surface area contributed by atoms with E-state index in [1.165, 1.54) is 18.5 Å². The van der Waals surface area contributed by atoms with Gasteiger partial charge in [0.2, 0.25) is 0 Å². The van der Waals surface area contributed by atoms with Crippen LogP contribution in [0.5, 0.6) is 0 Å². The van der Waals surface area contributed by atoms with E-state index < -0.39 is 0 Å². The number of rotatable bonds is 19. The lowest BCUT2D eigenvalue weighted by atomic mass is 10.00. The predicted molar refractivity (Wildman–Crippen MR) is 494 cm³/mol. The third-order valence-electron chi connectivity index (χ3n) is 24.9. The van der Waals surface area contributed by atoms with Gasteiger partial charge in [-0.1, -0.05) is 175 Å². The maximum Gasteiger partial charge on any atom is 0.184 e. The minimum absolute atomic E-state index is 0.313. The first kappa shape index (κ1) is 84.0. The second-order valence-electron chi connectivity index (χ2n) is 33.1. The molecule has 1 unspecified atom stereocenters. The predicted octanol–water partition coefficient (Wildman–Crippen LogP) is 15.3. The topological polar surface area (TPSA) is 226 Å². The normalized spacial score (nSPS) is 17.5. The Morgan fingerprint density at radius 2 is 0.734 bits per heavy atom. The fourth-order valence-corrected chi connectivity index (χ4v) is 19.0. The molecule has 3 atom stereocenters. The van der Waals surface area contributed by atoms with Gasteiger partial charge in [-0.05, 0) is 116 Å². The summed E-state index contributed by atoms with van der Waals surface area (Å²) in [5, 5.41) is 65.9. The Morgan fingerprint density at radius 1 is 0.355 bits per heavy atom. The van der Waals surface area contributed by atoms with Crippen molar-refractivity contribution >= 4 is 90.5 Å². The first-order chi connectivity index (χ1) is 60.6. The van der Waals surface area contributed by atoms with Gasteiger partial charge in [0.1, 0.15) is 28.5 Å². The number of fused-ring (bicyclic) bond motifs is 6. The maximum absolute atomic E-state index is 7.00. The van der Waals surface area contributed by atoms with Gasteiger partial charge < -0.3 is 38.3 Å². The number of nitrogens with zero attached hydrogens (tertiary/aromatic N) is 26. The Hall–Kier alpha value is -10.9. The van der Waals surface area contributed by atoms with E-state index in [2.05, 4.69) is 166 Å². The van der Waals surface area contributed by atoms with Crippen molar-refractivity contribution < 1.29 is 0 Å². The quantitative estimate of drug-likeness (QED) is 0.0794. The van der Waals surface area contributed by atoms with E-state index in [4.69, 9.17) is 66.8 Å². The van der Waals surface area contributed by atoms with E-state index in [-0.39, 0.29) is 0 Å². The third kappa shape index (κ3) is 17.5. The molecule has 0 amide bonds. The summed E-state index contributed by atoms with van der Waals surface area (Å²) < 4.78 is 16.3. The van der Waals surface area contributed by atoms with E-state index in [1.54, 1.807) is 0 Å². The van der Waals surface area contributed by atoms with Gasteiger partial charge in [0.15, 0.2) is 40.0 Å². The van der Waals surface area contributed by atoms with Gasteiger partial charge in [0.25, 0.3) is 0 Å². The molecular weight excluding hydrogens is 1640 g/mol. The second-order valence-corrected chi connectivity index (χ2v) is 34.6. The second kappa shape index (κ2) is 37.5. The standard InChI is InChI=1S/2C24H28ClN7.C23H23ClN6.C22H24ClN7/c1-17-9-10-18(2)32(17)24-20-21(25)22(19-7-5-4-6-8-19)26-27-23(20)31(28-24)16-15-30-13-11-29(3)12-14-30;1-3-19-10-7-11-31(19)24-20-21(25)22(18-8-5-4-6-9-18)26-27-23(20)32(28-24)17-16-30-14-12-29(2)13-15-30;1-29-11-5-8-18(29)22-19-20(24)21(14-6-3-2-4-7-14)26-27-23(19)30(28-22)17-12-15-9-10-16(13-17)25-15;1-27-11-13-28(14-12-27)15-16-30-21-18(22(26-30)29-9-5-6-10-29)19(23)20(24-25-21)17-7-3-2-4-8-17/h4-10H,11-16H2,1-3H3;4-11H,3,12-17H2,1-2H3;2-8,11,15-17,25H,9-10,12-13H2,1H3;2-10H,11-16H2,1H3/t;;15-,16+,17?;. The van der Waals surface area contributed by atoms with Crippen molar-refractivity contribution in [2.24, 2.45) is 7.05 Å². The number of benzene rings is 4. The van der Waals surface area contributed by atoms with Crippen LogP contribution in [-0.4, -0.2) is 259 Å². The number of piperazine rings is 3. The van der Waals surface area contributed by atoms with E-state index in [0.717, 1.165) is 244 Å². The lowest BCUT2D eigenvalue weighted by Gasteiger charge is -2.32. The van der Waals surface area contributed by atoms with Crippen molar-refractivity contribution in [3.8, 4) is 73.9 Å². The van der Waals surface area contributed by atoms with Crippen LogP contribution in [0, 0.1) is 13.8 Å². The zero-order valence-corrected chi connectivity index (χ0v) is 74.1. The van der Waals surface area contributed by atoms with Crippen LogP contribution < -0.4 is 5.32 Å². The summed E-state index contributed by atoms with van der Waals surface area (Å²) in [5.41, 5.74) is 14.8. The molecule has 16 aromatic rings. The van der Waals surface area contributed by atoms with Gasteiger partial charge >= 0.3 is 0 Å². The first-order valence-corrected chi connectivity index (χ1v) is 44.6. The summed E-state index contributed by atoms with van der Waals surface area (Å²) in [5.74, 6) is 2.42. The highest BCUT2D eigenvalue weighted by Crippen LogP contribution is 2.44. The Morgan fingerprint density at radius 3 is 1.15 bits per heavy atom. The molecule has 31 heteroatoms. The number of aryl methyl sites for hydroxylation is 4. The molecule has 0 saturated carbocycles. The molecular formula is C93H103Cl4N27. The highest BCUT2D eigenvalue weighted by atomic mass is 35.5. The minimum Gasteiger partial charge on any atom is -0.349 e. The third-order valence-corrected chi connectivity index (χ3v) is 26.4. The SMILES string of the molecule is CCc1cccn1-c1nn(CCN2CCN(C)CC2)c2nnc(-c3ccccc3)c(Cl)c12.CN1CCN(CCn2nc(-n3cccc3)c3c(Cl)c(-c4ccccc4)nnc32)CC1.Cc1ccc(C)n1-c1nn(CCN2CCN(C)CC2)c2nnc(-c3ccccc3)c(Cl)c12.Cn1cccc1-c1nn(C2C[C@H]3CC[C@@H](C2)N3)c2nnc(-c3ccccc3)c(Cl)c12. The fraction of sp³-hybridized carbons (Fsp3) is 0.355. The van der Waals surface area contributed by atoms with Crippen LogP contribution in [0.25, 0.3) is 118 Å². The van der Waals surface area contributed by atoms with E-state index >= 15 is 0 Å². The molecule has 0 aliphatic carbocycles. The molecule has 27 nitrogen and oxygen atoms in total. The number of likely N-dealkylation sites (N-methyl/N-ethyl adjacent to an activating group) is 3. The molecule has 124 heavy (non-hydrogen) atoms. The van der Waals surface area contributed by atoms with Crippen molar-refractivity contribution in [2.45, 2.75) is 90.6 Å². The molecule has 17 heterocycles. The monoisotopic (exact) mass is 1740 g/mol. The highest BCUT2D eigenvalue weighted by Gasteiger charge is 2.37. The largest absolute Gasteiger partial charge is 0.349 e. The number of piperidine rings is 1. The van der Waals surface area contributed by atoms with E-state index in [1.807, 2.05) is 190 Å². The van der Waals surface area contributed by atoms with Gasteiger partial charge in [-0.15, -0.1) is 40.8 Å². The summed E-state index contributed by atoms with van der Waals surface area (Å²) in [6.45, 7) is 24.4. The summed E-state index contributed by atoms with van der Waals surface area (Å²) >= 11 is 27.9. The van der Waals surface area contributed by atoms with Crippen molar-refractivity contribution in [2.75, 3.05) is 119 Å².